The molecule has 96 valence electrons. The molecule has 1 atom stereocenters. The Hall–Kier alpha value is -2.71. The third kappa shape index (κ3) is 4.43. The number of nitrogens with one attached hydrogen (secondary N) is 2. The van der Waals surface area contributed by atoms with E-state index < -0.39 is 30.4 Å². The van der Waals surface area contributed by atoms with Crippen LogP contribution in [0.25, 0.3) is 0 Å². The normalized spacial score (nSPS) is 11.3. The molecule has 18 heavy (non-hydrogen) atoms. The van der Waals surface area contributed by atoms with Gasteiger partial charge in [-0.1, -0.05) is 0 Å². The summed E-state index contributed by atoms with van der Waals surface area (Å²) >= 11 is 0. The van der Waals surface area contributed by atoms with Crippen LogP contribution in [-0.4, -0.2) is 39.0 Å². The van der Waals surface area contributed by atoms with E-state index in [0.717, 1.165) is 0 Å². The molecular weight excluding hydrogens is 242 g/mol. The SMILES string of the molecule is NC(=O)C[C@H](NC(=O)Nc1ncccn1)C(=O)O. The second-order valence-corrected chi connectivity index (χ2v) is 3.23. The van der Waals surface area contributed by atoms with Gasteiger partial charge in [-0.25, -0.2) is 19.6 Å². The summed E-state index contributed by atoms with van der Waals surface area (Å²) in [5.41, 5.74) is 4.86. The molecule has 1 aromatic rings. The van der Waals surface area contributed by atoms with Crippen LogP contribution in [0.1, 0.15) is 6.42 Å². The summed E-state index contributed by atoms with van der Waals surface area (Å²) in [4.78, 5) is 40.2. The van der Waals surface area contributed by atoms with Crippen LogP contribution >= 0.6 is 0 Å². The molecule has 1 rings (SSSR count). The number of carboxylic acids is 1. The summed E-state index contributed by atoms with van der Waals surface area (Å²) in [7, 11) is 0. The lowest BCUT2D eigenvalue weighted by molar-refractivity contribution is -0.140. The highest BCUT2D eigenvalue weighted by molar-refractivity contribution is 5.92. The summed E-state index contributed by atoms with van der Waals surface area (Å²) < 4.78 is 0. The number of anilines is 1. The average molecular weight is 253 g/mol. The molecule has 9 nitrogen and oxygen atoms in total. The van der Waals surface area contributed by atoms with Crippen molar-refractivity contribution in [2.75, 3.05) is 5.32 Å². The first-order valence-electron chi connectivity index (χ1n) is 4.84. The number of hydrogen-bond acceptors (Lipinski definition) is 5. The molecule has 9 heteroatoms. The van der Waals surface area contributed by atoms with Crippen LogP contribution in [0.4, 0.5) is 10.7 Å². The smallest absolute Gasteiger partial charge is 0.326 e. The molecule has 0 aromatic carbocycles. The third-order valence-electron chi connectivity index (χ3n) is 1.80. The number of amides is 3. The minimum Gasteiger partial charge on any atom is -0.480 e. The highest BCUT2D eigenvalue weighted by atomic mass is 16.4. The first-order chi connectivity index (χ1) is 8.49. The third-order valence-corrected chi connectivity index (χ3v) is 1.80. The Labute approximate surface area is 101 Å². The van der Waals surface area contributed by atoms with Crippen LogP contribution < -0.4 is 16.4 Å². The maximum Gasteiger partial charge on any atom is 0.326 e. The minimum atomic E-state index is -1.40. The standard InChI is InChI=1S/C9H11N5O4/c10-6(15)4-5(7(16)17)13-9(18)14-8-11-2-1-3-12-8/h1-3,5H,4H2,(H2,10,15)(H,16,17)(H2,11,12,13,14,18)/t5-/m0/s1. The van der Waals surface area contributed by atoms with Gasteiger partial charge in [0.1, 0.15) is 6.04 Å². The molecule has 0 radical (unpaired) electrons. The molecule has 0 saturated carbocycles. The summed E-state index contributed by atoms with van der Waals surface area (Å²) in [6, 6.07) is -0.683. The molecule has 0 aliphatic carbocycles. The Morgan fingerprint density at radius 2 is 1.94 bits per heavy atom. The lowest BCUT2D eigenvalue weighted by atomic mass is 10.2. The van der Waals surface area contributed by atoms with Gasteiger partial charge in [0.15, 0.2) is 0 Å². The Balaban J connectivity index is 2.56. The number of hydrogen-bond donors (Lipinski definition) is 4. The Morgan fingerprint density at radius 3 is 2.44 bits per heavy atom. The Morgan fingerprint density at radius 1 is 1.33 bits per heavy atom. The van der Waals surface area contributed by atoms with Gasteiger partial charge in [0.2, 0.25) is 11.9 Å². The number of rotatable bonds is 5. The van der Waals surface area contributed by atoms with Gasteiger partial charge >= 0.3 is 12.0 Å². The van der Waals surface area contributed by atoms with E-state index >= 15 is 0 Å². The van der Waals surface area contributed by atoms with Crippen molar-refractivity contribution in [2.24, 2.45) is 5.73 Å². The highest BCUT2D eigenvalue weighted by Gasteiger charge is 2.22. The van der Waals surface area contributed by atoms with Gasteiger partial charge in [-0.15, -0.1) is 0 Å². The molecule has 5 N–H and O–H groups in total. The van der Waals surface area contributed by atoms with Gasteiger partial charge in [0.25, 0.3) is 0 Å². The highest BCUT2D eigenvalue weighted by Crippen LogP contribution is 1.96. The van der Waals surface area contributed by atoms with E-state index in [1.807, 2.05) is 0 Å². The fraction of sp³-hybridized carbons (Fsp3) is 0.222. The topological polar surface area (TPSA) is 147 Å². The minimum absolute atomic E-state index is 0.0122. The number of aromatic nitrogens is 2. The van der Waals surface area contributed by atoms with E-state index in [1.165, 1.54) is 12.4 Å². The summed E-state index contributed by atoms with van der Waals surface area (Å²) in [5.74, 6) is -2.19. The summed E-state index contributed by atoms with van der Waals surface area (Å²) in [6.07, 6.45) is 2.31. The van der Waals surface area contributed by atoms with E-state index in [2.05, 4.69) is 20.6 Å². The predicted octanol–water partition coefficient (Wildman–Crippen LogP) is -1.07. The van der Waals surface area contributed by atoms with Crippen molar-refractivity contribution in [3.05, 3.63) is 18.5 Å². The van der Waals surface area contributed by atoms with Crippen LogP contribution in [0.5, 0.6) is 0 Å². The number of urea groups is 1. The fourth-order valence-electron chi connectivity index (χ4n) is 1.06. The second-order valence-electron chi connectivity index (χ2n) is 3.23. The largest absolute Gasteiger partial charge is 0.480 e. The number of nitrogens with zero attached hydrogens (tertiary/aromatic N) is 2. The molecule has 0 unspecified atom stereocenters. The monoisotopic (exact) mass is 253 g/mol. The molecule has 0 bridgehead atoms. The molecule has 1 aromatic heterocycles. The second kappa shape index (κ2) is 6.13. The zero-order valence-corrected chi connectivity index (χ0v) is 9.16. The Bertz CT molecular complexity index is 450. The maximum atomic E-state index is 11.4. The average Bonchev–Trinajstić information content (AvgIpc) is 2.28. The molecule has 0 saturated heterocycles. The zero-order chi connectivity index (χ0) is 13.5. The summed E-state index contributed by atoms with van der Waals surface area (Å²) in [5, 5.41) is 13.0. The number of carbonyl (C=O) groups is 3. The van der Waals surface area contributed by atoms with Crippen LogP contribution in [0.3, 0.4) is 0 Å². The van der Waals surface area contributed by atoms with Crippen LogP contribution in [0.2, 0.25) is 0 Å². The van der Waals surface area contributed by atoms with Crippen molar-refractivity contribution in [1.82, 2.24) is 15.3 Å². The van der Waals surface area contributed by atoms with Crippen LogP contribution in [0, 0.1) is 0 Å². The first-order valence-corrected chi connectivity index (χ1v) is 4.84. The molecular formula is C9H11N5O4. The molecule has 0 aliphatic heterocycles. The lowest BCUT2D eigenvalue weighted by Crippen LogP contribution is -2.45. The number of primary amides is 1. The number of nitrogens with two attached hydrogens (primary N) is 1. The number of aliphatic carboxylic acids is 1. The Kier molecular flexibility index (Phi) is 4.55. The van der Waals surface area contributed by atoms with Gasteiger partial charge in [0.05, 0.1) is 6.42 Å². The maximum absolute atomic E-state index is 11.4. The van der Waals surface area contributed by atoms with Gasteiger partial charge in [0, 0.05) is 12.4 Å². The molecule has 0 aliphatic rings. The van der Waals surface area contributed by atoms with Crippen LogP contribution in [-0.2, 0) is 9.59 Å². The number of carboxylic acid groups (broad SMARTS) is 1. The van der Waals surface area contributed by atoms with E-state index in [9.17, 15) is 14.4 Å². The molecule has 0 spiro atoms. The van der Waals surface area contributed by atoms with Crippen molar-refractivity contribution < 1.29 is 19.5 Å². The van der Waals surface area contributed by atoms with Crippen molar-refractivity contribution in [3.63, 3.8) is 0 Å². The van der Waals surface area contributed by atoms with Gasteiger partial charge in [-0.3, -0.25) is 10.1 Å². The van der Waals surface area contributed by atoms with E-state index in [4.69, 9.17) is 10.8 Å². The van der Waals surface area contributed by atoms with E-state index in [-0.39, 0.29) is 5.95 Å². The number of carbonyl (C=O) groups excluding carboxylic acids is 2. The van der Waals surface area contributed by atoms with E-state index in [1.54, 1.807) is 6.07 Å². The van der Waals surface area contributed by atoms with Gasteiger partial charge in [-0.2, -0.15) is 0 Å². The lowest BCUT2D eigenvalue weighted by Gasteiger charge is -2.12. The quantitative estimate of drug-likeness (QED) is 0.525. The predicted molar refractivity (Wildman–Crippen MR) is 59.4 cm³/mol. The van der Waals surface area contributed by atoms with Crippen LogP contribution in [0.15, 0.2) is 18.5 Å². The van der Waals surface area contributed by atoms with E-state index in [0.29, 0.717) is 0 Å². The first kappa shape index (κ1) is 13.4. The van der Waals surface area contributed by atoms with Gasteiger partial charge < -0.3 is 16.2 Å². The van der Waals surface area contributed by atoms with Crippen molar-refractivity contribution in [2.45, 2.75) is 12.5 Å². The van der Waals surface area contributed by atoms with Gasteiger partial charge in [-0.05, 0) is 6.07 Å². The molecule has 0 fully saturated rings. The molecule has 3 amide bonds. The molecule has 1 heterocycles. The van der Waals surface area contributed by atoms with Crippen molar-refractivity contribution >= 4 is 23.9 Å². The van der Waals surface area contributed by atoms with Crippen molar-refractivity contribution in [3.8, 4) is 0 Å². The zero-order valence-electron chi connectivity index (χ0n) is 9.16. The fourth-order valence-corrected chi connectivity index (χ4v) is 1.06. The summed E-state index contributed by atoms with van der Waals surface area (Å²) in [6.45, 7) is 0. The van der Waals surface area contributed by atoms with Crippen molar-refractivity contribution in [1.29, 1.82) is 0 Å².